The molecule has 0 aromatic carbocycles. The van der Waals surface area contributed by atoms with Crippen LogP contribution in [0.4, 0.5) is 0 Å². The summed E-state index contributed by atoms with van der Waals surface area (Å²) in [6, 6.07) is 2.10. The topological polar surface area (TPSA) is 79.6 Å². The van der Waals surface area contributed by atoms with Gasteiger partial charge in [0.2, 0.25) is 10.0 Å². The van der Waals surface area contributed by atoms with Crippen molar-refractivity contribution >= 4 is 36.8 Å². The van der Waals surface area contributed by atoms with Crippen molar-refractivity contribution in [3.8, 4) is 0 Å². The van der Waals surface area contributed by atoms with Crippen LogP contribution >= 0.6 is 15.9 Å². The Hall–Kier alpha value is -0.220. The third kappa shape index (κ3) is 3.58. The van der Waals surface area contributed by atoms with E-state index < -0.39 is 20.8 Å². The van der Waals surface area contributed by atoms with Crippen molar-refractivity contribution in [3.05, 3.63) is 16.5 Å². The zero-order valence-corrected chi connectivity index (χ0v) is 14.6. The fraction of sp³-hybridized carbons (Fsp3) is 0.667. The molecule has 2 fully saturated rings. The summed E-state index contributed by atoms with van der Waals surface area (Å²) in [4.78, 5) is 0.155. The molecule has 1 aromatic rings. The summed E-state index contributed by atoms with van der Waals surface area (Å²) in [5.74, 6) is 1.39. The van der Waals surface area contributed by atoms with Crippen molar-refractivity contribution in [2.75, 3.05) is 24.6 Å². The molecule has 0 spiro atoms. The second kappa shape index (κ2) is 6.11. The summed E-state index contributed by atoms with van der Waals surface area (Å²) in [5.41, 5.74) is 0. The number of hydrogen-bond acceptors (Lipinski definition) is 5. The minimum Gasteiger partial charge on any atom is -0.452 e. The Morgan fingerprint density at radius 1 is 1.38 bits per heavy atom. The van der Waals surface area contributed by atoms with Gasteiger partial charge in [-0.1, -0.05) is 0 Å². The summed E-state index contributed by atoms with van der Waals surface area (Å²) >= 11 is 3.19. The van der Waals surface area contributed by atoms with E-state index in [9.17, 15) is 12.6 Å². The van der Waals surface area contributed by atoms with E-state index >= 15 is 0 Å². The number of nitrogens with one attached hydrogen (secondary N) is 1. The SMILES string of the molecule is O=S1CCN(S(=O)(=O)c2cc(CNC3CC3)oc2Br)CC1. The average molecular weight is 397 g/mol. The van der Waals surface area contributed by atoms with Crippen LogP contribution in [0.2, 0.25) is 0 Å². The Morgan fingerprint density at radius 2 is 2.05 bits per heavy atom. The molecule has 6 nitrogen and oxygen atoms in total. The molecule has 2 heterocycles. The lowest BCUT2D eigenvalue weighted by Gasteiger charge is -2.24. The first kappa shape index (κ1) is 15.7. The minimum atomic E-state index is -3.59. The van der Waals surface area contributed by atoms with E-state index in [1.807, 2.05) is 0 Å². The quantitative estimate of drug-likeness (QED) is 0.804. The van der Waals surface area contributed by atoms with E-state index in [4.69, 9.17) is 4.42 Å². The van der Waals surface area contributed by atoms with Gasteiger partial charge in [-0.3, -0.25) is 4.21 Å². The molecule has 0 atom stereocenters. The fourth-order valence-corrected chi connectivity index (χ4v) is 5.88. The van der Waals surface area contributed by atoms with Crippen LogP contribution in [0.15, 0.2) is 20.0 Å². The minimum absolute atomic E-state index is 0.155. The molecule has 1 aliphatic carbocycles. The third-order valence-corrected chi connectivity index (χ3v) is 7.63. The smallest absolute Gasteiger partial charge is 0.247 e. The highest BCUT2D eigenvalue weighted by molar-refractivity contribution is 9.10. The van der Waals surface area contributed by atoms with Crippen LogP contribution in [-0.2, 0) is 27.4 Å². The van der Waals surface area contributed by atoms with Gasteiger partial charge in [0.05, 0.1) is 6.54 Å². The van der Waals surface area contributed by atoms with Crippen molar-refractivity contribution < 1.29 is 17.0 Å². The van der Waals surface area contributed by atoms with Gasteiger partial charge in [-0.2, -0.15) is 4.31 Å². The molecule has 118 valence electrons. The maximum absolute atomic E-state index is 12.6. The standard InChI is InChI=1S/C12H17BrN2O4S2/c13-12-11(7-10(19-12)8-14-9-1-2-9)21(17,18)15-3-5-20(16)6-4-15/h7,9,14H,1-6,8H2. The number of halogens is 1. The molecule has 1 saturated carbocycles. The van der Waals surface area contributed by atoms with E-state index in [0.29, 0.717) is 42.9 Å². The van der Waals surface area contributed by atoms with Gasteiger partial charge in [0.15, 0.2) is 4.67 Å². The van der Waals surface area contributed by atoms with Crippen LogP contribution in [0.5, 0.6) is 0 Å². The van der Waals surface area contributed by atoms with E-state index in [2.05, 4.69) is 21.2 Å². The lowest BCUT2D eigenvalue weighted by molar-refractivity contribution is 0.433. The van der Waals surface area contributed by atoms with Gasteiger partial charge >= 0.3 is 0 Å². The summed E-state index contributed by atoms with van der Waals surface area (Å²) in [6.07, 6.45) is 2.33. The Kier molecular flexibility index (Phi) is 4.56. The Balaban J connectivity index is 1.76. The average Bonchev–Trinajstić information content (AvgIpc) is 3.19. The predicted molar refractivity (Wildman–Crippen MR) is 82.9 cm³/mol. The molecule has 0 amide bonds. The van der Waals surface area contributed by atoms with Gasteiger partial charge in [-0.15, -0.1) is 0 Å². The fourth-order valence-electron chi connectivity index (χ4n) is 2.19. The van der Waals surface area contributed by atoms with Gasteiger partial charge in [0.1, 0.15) is 10.7 Å². The number of hydrogen-bond donors (Lipinski definition) is 1. The van der Waals surface area contributed by atoms with Crippen molar-refractivity contribution in [1.29, 1.82) is 0 Å². The molecule has 0 bridgehead atoms. The zero-order chi connectivity index (χ0) is 15.0. The zero-order valence-electron chi connectivity index (χ0n) is 11.4. The normalized spacial score (nSPS) is 21.8. The largest absolute Gasteiger partial charge is 0.452 e. The molecule has 9 heteroatoms. The maximum atomic E-state index is 12.6. The lowest BCUT2D eigenvalue weighted by Crippen LogP contribution is -2.41. The Morgan fingerprint density at radius 3 is 2.67 bits per heavy atom. The molecule has 3 rings (SSSR count). The van der Waals surface area contributed by atoms with E-state index in [1.54, 1.807) is 6.07 Å². The van der Waals surface area contributed by atoms with Gasteiger partial charge < -0.3 is 9.73 Å². The Bertz CT molecular complexity index is 644. The van der Waals surface area contributed by atoms with Crippen LogP contribution < -0.4 is 5.32 Å². The number of sulfonamides is 1. The van der Waals surface area contributed by atoms with E-state index in [1.165, 1.54) is 4.31 Å². The molecule has 2 aliphatic rings. The molecular formula is C12H17BrN2O4S2. The third-order valence-electron chi connectivity index (χ3n) is 3.60. The van der Waals surface area contributed by atoms with Gasteiger partial charge in [-0.25, -0.2) is 8.42 Å². The first-order valence-corrected chi connectivity index (χ1v) is 10.6. The number of furan rings is 1. The van der Waals surface area contributed by atoms with Crippen LogP contribution in [0, 0.1) is 0 Å². The maximum Gasteiger partial charge on any atom is 0.247 e. The molecule has 0 unspecified atom stereocenters. The van der Waals surface area contributed by atoms with Crippen LogP contribution in [0.25, 0.3) is 0 Å². The van der Waals surface area contributed by atoms with E-state index in [-0.39, 0.29) is 9.56 Å². The summed E-state index contributed by atoms with van der Waals surface area (Å²) in [6.45, 7) is 1.12. The Labute approximate surface area is 134 Å². The summed E-state index contributed by atoms with van der Waals surface area (Å²) < 4.78 is 43.6. The molecule has 1 saturated heterocycles. The van der Waals surface area contributed by atoms with Gasteiger partial charge in [-0.05, 0) is 28.8 Å². The first-order valence-electron chi connectivity index (χ1n) is 6.83. The second-order valence-corrected chi connectivity index (χ2v) is 9.58. The van der Waals surface area contributed by atoms with Crippen LogP contribution in [0.3, 0.4) is 0 Å². The highest BCUT2D eigenvalue weighted by Crippen LogP contribution is 2.30. The molecule has 0 radical (unpaired) electrons. The van der Waals surface area contributed by atoms with Crippen LogP contribution in [-0.4, -0.2) is 47.6 Å². The molecular weight excluding hydrogens is 380 g/mol. The molecule has 21 heavy (non-hydrogen) atoms. The van der Waals surface area contributed by atoms with Crippen molar-refractivity contribution in [2.24, 2.45) is 0 Å². The summed E-state index contributed by atoms with van der Waals surface area (Å²) in [7, 11) is -4.49. The van der Waals surface area contributed by atoms with Gasteiger partial charge in [0.25, 0.3) is 0 Å². The lowest BCUT2D eigenvalue weighted by atomic mass is 10.4. The van der Waals surface area contributed by atoms with Crippen molar-refractivity contribution in [1.82, 2.24) is 9.62 Å². The molecule has 1 aromatic heterocycles. The summed E-state index contributed by atoms with van der Waals surface area (Å²) in [5, 5.41) is 3.29. The predicted octanol–water partition coefficient (Wildman–Crippen LogP) is 1.05. The highest BCUT2D eigenvalue weighted by Gasteiger charge is 2.32. The first-order chi connectivity index (χ1) is 9.96. The monoisotopic (exact) mass is 396 g/mol. The van der Waals surface area contributed by atoms with Crippen molar-refractivity contribution in [3.63, 3.8) is 0 Å². The van der Waals surface area contributed by atoms with Gasteiger partial charge in [0, 0.05) is 47.5 Å². The second-order valence-electron chi connectivity index (χ2n) is 5.26. The number of nitrogens with zero attached hydrogens (tertiary/aromatic N) is 1. The van der Waals surface area contributed by atoms with Crippen molar-refractivity contribution in [2.45, 2.75) is 30.3 Å². The molecule has 1 N–H and O–H groups in total. The number of rotatable bonds is 5. The highest BCUT2D eigenvalue weighted by atomic mass is 79.9. The van der Waals surface area contributed by atoms with E-state index in [0.717, 1.165) is 12.8 Å². The molecule has 1 aliphatic heterocycles. The van der Waals surface area contributed by atoms with Crippen LogP contribution in [0.1, 0.15) is 18.6 Å².